The minimum Gasteiger partial charge on any atom is -0.467 e. The lowest BCUT2D eigenvalue weighted by Gasteiger charge is -2.28. The second kappa shape index (κ2) is 7.11. The highest BCUT2D eigenvalue weighted by Crippen LogP contribution is 2.49. The number of amides is 1. The molecule has 1 saturated heterocycles. The van der Waals surface area contributed by atoms with Gasteiger partial charge in [0.25, 0.3) is 5.56 Å². The monoisotopic (exact) mass is 400 g/mol. The van der Waals surface area contributed by atoms with Gasteiger partial charge < -0.3 is 19.3 Å². The van der Waals surface area contributed by atoms with Crippen LogP contribution in [0.3, 0.4) is 0 Å². The minimum absolute atomic E-state index is 0.254. The maximum absolute atomic E-state index is 13.6. The van der Waals surface area contributed by atoms with Crippen molar-refractivity contribution in [2.75, 3.05) is 13.7 Å². The van der Waals surface area contributed by atoms with Gasteiger partial charge in [-0.15, -0.1) is 0 Å². The van der Waals surface area contributed by atoms with Gasteiger partial charge in [0, 0.05) is 43.2 Å². The van der Waals surface area contributed by atoms with Crippen LogP contribution in [0.5, 0.6) is 0 Å². The van der Waals surface area contributed by atoms with Crippen molar-refractivity contribution in [1.82, 2.24) is 9.47 Å². The maximum atomic E-state index is 13.6. The van der Waals surface area contributed by atoms with E-state index in [0.29, 0.717) is 16.8 Å². The number of nitrogens with zero attached hydrogens (tertiary/aromatic N) is 2. The molecule has 7 nitrogen and oxygen atoms in total. The van der Waals surface area contributed by atoms with E-state index >= 15 is 0 Å². The van der Waals surface area contributed by atoms with Gasteiger partial charge in [0.2, 0.25) is 5.91 Å². The zero-order valence-electron chi connectivity index (χ0n) is 16.0. The lowest BCUT2D eigenvalue weighted by molar-refractivity contribution is -0.153. The van der Waals surface area contributed by atoms with E-state index in [2.05, 4.69) is 0 Å². The van der Waals surface area contributed by atoms with Crippen LogP contribution in [0.15, 0.2) is 41.2 Å². The van der Waals surface area contributed by atoms with E-state index in [1.807, 2.05) is 0 Å². The summed E-state index contributed by atoms with van der Waals surface area (Å²) in [4.78, 5) is 39.3. The molecule has 0 spiro atoms. The Bertz CT molecular complexity index is 1050. The highest BCUT2D eigenvalue weighted by atomic mass is 19.1. The number of aliphatic hydroxyl groups is 1. The molecule has 2 aromatic rings. The normalized spacial score (nSPS) is 24.9. The number of esters is 1. The summed E-state index contributed by atoms with van der Waals surface area (Å²) in [5, 5.41) is 9.96. The van der Waals surface area contributed by atoms with Crippen molar-refractivity contribution >= 4 is 11.9 Å². The molecule has 1 amide bonds. The van der Waals surface area contributed by atoms with Crippen molar-refractivity contribution < 1.29 is 23.8 Å². The van der Waals surface area contributed by atoms with Crippen molar-refractivity contribution in [3.05, 3.63) is 58.3 Å². The number of hydrogen-bond donors (Lipinski definition) is 1. The van der Waals surface area contributed by atoms with Crippen LogP contribution >= 0.6 is 0 Å². The lowest BCUT2D eigenvalue weighted by atomic mass is 9.88. The molecule has 8 heteroatoms. The molecule has 1 aromatic carbocycles. The molecule has 29 heavy (non-hydrogen) atoms. The summed E-state index contributed by atoms with van der Waals surface area (Å²) in [6.45, 7) is 1.29. The summed E-state index contributed by atoms with van der Waals surface area (Å²) in [5.74, 6) is -2.20. The molecule has 0 aliphatic carbocycles. The first-order chi connectivity index (χ1) is 13.9. The molecule has 2 aliphatic rings. The standard InChI is InChI=1S/C21H21FN2O5/c1-11(26)24-18-15(16(10-25)19(24)21(28)29-2)9-23-17(18)7-6-14(20(23)27)12-4-3-5-13(22)8-12/h3-8,15-16,18-19,25H,9-10H2,1-2H3/t15-,16-,18+,19-/m0/s1. The molecule has 0 unspecified atom stereocenters. The van der Waals surface area contributed by atoms with Crippen LogP contribution in [0.4, 0.5) is 4.39 Å². The Morgan fingerprint density at radius 1 is 1.28 bits per heavy atom. The number of halogens is 1. The molecule has 4 atom stereocenters. The van der Waals surface area contributed by atoms with Gasteiger partial charge in [-0.25, -0.2) is 9.18 Å². The molecule has 0 radical (unpaired) electrons. The number of fused-ring (bicyclic) bond motifs is 3. The average Bonchev–Trinajstić information content (AvgIpc) is 3.22. The number of carbonyl (C=O) groups excluding carboxylic acids is 2. The smallest absolute Gasteiger partial charge is 0.328 e. The Morgan fingerprint density at radius 3 is 2.66 bits per heavy atom. The van der Waals surface area contributed by atoms with E-state index in [1.165, 1.54) is 37.1 Å². The molecule has 152 valence electrons. The first kappa shape index (κ1) is 19.3. The van der Waals surface area contributed by atoms with Gasteiger partial charge in [-0.3, -0.25) is 9.59 Å². The van der Waals surface area contributed by atoms with Gasteiger partial charge in [-0.05, 0) is 29.8 Å². The van der Waals surface area contributed by atoms with Crippen LogP contribution in [-0.4, -0.2) is 46.2 Å². The SMILES string of the molecule is COC(=O)[C@@H]1[C@@H](CO)[C@@H]2Cn3c(ccc(-c4cccc(F)c4)c3=O)[C@@H]2N1C(C)=O. The first-order valence-corrected chi connectivity index (χ1v) is 9.36. The minimum atomic E-state index is -0.899. The van der Waals surface area contributed by atoms with Crippen molar-refractivity contribution in [1.29, 1.82) is 0 Å². The lowest BCUT2D eigenvalue weighted by Crippen LogP contribution is -2.45. The fraction of sp³-hybridized carbons (Fsp3) is 0.381. The number of benzene rings is 1. The van der Waals surface area contributed by atoms with Gasteiger partial charge in [0.1, 0.15) is 11.9 Å². The van der Waals surface area contributed by atoms with E-state index in [0.717, 1.165) is 0 Å². The average molecular weight is 400 g/mol. The third-order valence-corrected chi connectivity index (χ3v) is 6.02. The largest absolute Gasteiger partial charge is 0.467 e. The Balaban J connectivity index is 1.83. The Hall–Kier alpha value is -3.00. The number of likely N-dealkylation sites (tertiary alicyclic amines) is 1. The third kappa shape index (κ3) is 2.86. The molecule has 1 fully saturated rings. The van der Waals surface area contributed by atoms with Crippen LogP contribution in [-0.2, 0) is 20.9 Å². The van der Waals surface area contributed by atoms with Crippen LogP contribution in [0.1, 0.15) is 18.7 Å². The quantitative estimate of drug-likeness (QED) is 0.786. The fourth-order valence-corrected chi connectivity index (χ4v) is 4.81. The highest BCUT2D eigenvalue weighted by Gasteiger charge is 2.57. The third-order valence-electron chi connectivity index (χ3n) is 6.02. The fourth-order valence-electron chi connectivity index (χ4n) is 4.81. The van der Waals surface area contributed by atoms with E-state index in [4.69, 9.17) is 4.74 Å². The second-order valence-electron chi connectivity index (χ2n) is 7.45. The predicted octanol–water partition coefficient (Wildman–Crippen LogP) is 1.34. The first-order valence-electron chi connectivity index (χ1n) is 9.36. The van der Waals surface area contributed by atoms with Crippen LogP contribution in [0.2, 0.25) is 0 Å². The number of aliphatic hydroxyl groups excluding tert-OH is 1. The van der Waals surface area contributed by atoms with Crippen LogP contribution in [0.25, 0.3) is 11.1 Å². The summed E-state index contributed by atoms with van der Waals surface area (Å²) in [6.07, 6.45) is 0. The summed E-state index contributed by atoms with van der Waals surface area (Å²) < 4.78 is 20.0. The van der Waals surface area contributed by atoms with Crippen molar-refractivity contribution in [3.63, 3.8) is 0 Å². The molecule has 0 saturated carbocycles. The van der Waals surface area contributed by atoms with Crippen molar-refractivity contribution in [3.8, 4) is 11.1 Å². The summed E-state index contributed by atoms with van der Waals surface area (Å²) >= 11 is 0. The number of hydrogen-bond acceptors (Lipinski definition) is 5. The summed E-state index contributed by atoms with van der Waals surface area (Å²) in [5.41, 5.74) is 1.13. The van der Waals surface area contributed by atoms with Gasteiger partial charge in [-0.1, -0.05) is 12.1 Å². The molecule has 3 heterocycles. The zero-order valence-corrected chi connectivity index (χ0v) is 16.0. The molecular formula is C21H21FN2O5. The second-order valence-corrected chi connectivity index (χ2v) is 7.45. The summed E-state index contributed by atoms with van der Waals surface area (Å²) in [6, 6.07) is 7.74. The number of ether oxygens (including phenoxy) is 1. The molecule has 0 bridgehead atoms. The predicted molar refractivity (Wildman–Crippen MR) is 101 cm³/mol. The molecule has 1 aromatic heterocycles. The molecular weight excluding hydrogens is 379 g/mol. The Labute approximate surface area is 166 Å². The van der Waals surface area contributed by atoms with Crippen molar-refractivity contribution in [2.45, 2.75) is 25.6 Å². The topological polar surface area (TPSA) is 88.8 Å². The van der Waals surface area contributed by atoms with E-state index in [9.17, 15) is 23.9 Å². The number of methoxy groups -OCH3 is 1. The van der Waals surface area contributed by atoms with Crippen molar-refractivity contribution in [2.24, 2.45) is 11.8 Å². The number of pyridine rings is 1. The Kier molecular flexibility index (Phi) is 4.74. The van der Waals surface area contributed by atoms with E-state index < -0.39 is 29.8 Å². The van der Waals surface area contributed by atoms with Crippen LogP contribution in [0, 0.1) is 17.7 Å². The highest BCUT2D eigenvalue weighted by molar-refractivity contribution is 5.85. The summed E-state index contributed by atoms with van der Waals surface area (Å²) in [7, 11) is 1.24. The van der Waals surface area contributed by atoms with Gasteiger partial charge in [0.05, 0.1) is 13.2 Å². The number of aromatic nitrogens is 1. The van der Waals surface area contributed by atoms with E-state index in [-0.39, 0.29) is 30.5 Å². The zero-order chi connectivity index (χ0) is 20.9. The van der Waals surface area contributed by atoms with Gasteiger partial charge in [-0.2, -0.15) is 0 Å². The molecule has 4 rings (SSSR count). The maximum Gasteiger partial charge on any atom is 0.328 e. The van der Waals surface area contributed by atoms with Crippen LogP contribution < -0.4 is 5.56 Å². The van der Waals surface area contributed by atoms with Gasteiger partial charge >= 0.3 is 5.97 Å². The Morgan fingerprint density at radius 2 is 2.03 bits per heavy atom. The molecule has 1 N–H and O–H groups in total. The van der Waals surface area contributed by atoms with E-state index in [1.54, 1.807) is 22.8 Å². The molecule has 2 aliphatic heterocycles. The number of carbonyl (C=O) groups is 2. The van der Waals surface area contributed by atoms with Gasteiger partial charge in [0.15, 0.2) is 0 Å². The number of rotatable bonds is 3.